The van der Waals surface area contributed by atoms with Crippen molar-refractivity contribution in [3.63, 3.8) is 0 Å². The van der Waals surface area contributed by atoms with Gasteiger partial charge in [-0.1, -0.05) is 6.92 Å². The normalized spacial score (nSPS) is 14.2. The third-order valence-electron chi connectivity index (χ3n) is 8.36. The minimum Gasteiger partial charge on any atom is -0.166 e. The molecule has 4 aromatic carbocycles. The average Bonchev–Trinajstić information content (AvgIpc) is 3.07. The fraction of sp³-hybridized carbons (Fsp3) is 0.314. The predicted octanol–water partition coefficient (Wildman–Crippen LogP) is 14.1. The fourth-order valence-corrected chi connectivity index (χ4v) is 13.2. The zero-order chi connectivity index (χ0) is 46.9. The third-order valence-corrected chi connectivity index (χ3v) is 14.9. The van der Waals surface area contributed by atoms with Crippen LogP contribution in [0.4, 0.5) is 105 Å². The Morgan fingerprint density at radius 2 is 0.410 bits per heavy atom. The molecule has 0 aromatic heterocycles. The van der Waals surface area contributed by atoms with E-state index in [9.17, 15) is 105 Å². The smallest absolute Gasteiger partial charge is 0.166 e. The summed E-state index contributed by atoms with van der Waals surface area (Å²) in [5.41, 5.74) is -18.5. The number of hydrogen-bond acceptors (Lipinski definition) is 0. The van der Waals surface area contributed by atoms with Crippen LogP contribution in [0.5, 0.6) is 0 Å². The highest BCUT2D eigenvalue weighted by molar-refractivity contribution is 7.89. The summed E-state index contributed by atoms with van der Waals surface area (Å²) in [5.74, 6) is 0. The van der Waals surface area contributed by atoms with E-state index in [-0.39, 0.29) is 48.5 Å². The van der Waals surface area contributed by atoms with E-state index in [1.165, 1.54) is 0 Å². The molecular weight excluding hydrogens is 938 g/mol. The maximum absolute atomic E-state index is 14.2. The van der Waals surface area contributed by atoms with Gasteiger partial charge >= 0.3 is 49.4 Å². The Balaban J connectivity index is 2.38. The molecule has 0 N–H and O–H groups in total. The first-order valence-corrected chi connectivity index (χ1v) is 18.8. The van der Waals surface area contributed by atoms with Crippen molar-refractivity contribution in [2.45, 2.75) is 68.2 Å². The van der Waals surface area contributed by atoms with Crippen LogP contribution in [0.2, 0.25) is 0 Å². The van der Waals surface area contributed by atoms with Gasteiger partial charge in [0.1, 0.15) is 0 Å². The van der Waals surface area contributed by atoms with Gasteiger partial charge in [0.15, 0.2) is 0 Å². The van der Waals surface area contributed by atoms with Crippen LogP contribution in [0.1, 0.15) is 57.9 Å². The molecule has 0 aliphatic rings. The Morgan fingerprint density at radius 1 is 0.279 bits per heavy atom. The number of hydrogen-bond donors (Lipinski definition) is 0. The summed E-state index contributed by atoms with van der Waals surface area (Å²) in [4.78, 5) is 0. The minimum absolute atomic E-state index is 0.259. The van der Waals surface area contributed by atoms with Crippen LogP contribution >= 0.6 is 15.8 Å². The van der Waals surface area contributed by atoms with Gasteiger partial charge in [0, 0.05) is 5.40 Å². The zero-order valence-corrected chi connectivity index (χ0v) is 31.0. The van der Waals surface area contributed by atoms with Crippen LogP contribution in [0, 0.1) is 0 Å². The van der Waals surface area contributed by atoms with Crippen LogP contribution in [-0.4, -0.2) is 5.40 Å². The van der Waals surface area contributed by atoms with Crippen LogP contribution in [0.3, 0.4) is 0 Å². The summed E-state index contributed by atoms with van der Waals surface area (Å²) in [6.45, 7) is 0.739. The second-order valence-electron chi connectivity index (χ2n) is 12.7. The minimum atomic E-state index is -5.85. The molecule has 0 spiro atoms. The summed E-state index contributed by atoms with van der Waals surface area (Å²) < 4.78 is 340. The van der Waals surface area contributed by atoms with Crippen LogP contribution < -0.4 is 21.2 Å². The van der Waals surface area contributed by atoms with Gasteiger partial charge in [-0.05, 0) is 116 Å². The molecule has 0 fully saturated rings. The molecule has 336 valence electrons. The molecule has 0 saturated carbocycles. The molecule has 4 rings (SSSR count). The molecule has 0 unspecified atom stereocenters. The highest BCUT2D eigenvalue weighted by atomic mass is 31.2. The highest BCUT2D eigenvalue weighted by Gasteiger charge is 2.46. The van der Waals surface area contributed by atoms with Gasteiger partial charge in [-0.2, -0.15) is 105 Å². The molecule has 4 aromatic rings. The van der Waals surface area contributed by atoms with Gasteiger partial charge in [0.05, 0.1) is 44.5 Å². The Bertz CT molecular complexity index is 1780. The highest BCUT2D eigenvalue weighted by Crippen LogP contribution is 2.60. The molecule has 61 heavy (non-hydrogen) atoms. The Kier molecular flexibility index (Phi) is 13.3. The predicted molar refractivity (Wildman–Crippen MR) is 172 cm³/mol. The summed E-state index contributed by atoms with van der Waals surface area (Å²) in [5, 5.41) is -8.69. The summed E-state index contributed by atoms with van der Waals surface area (Å²) in [6, 6.07) is -4.41. The largest absolute Gasteiger partial charge is 0.416 e. The van der Waals surface area contributed by atoms with Crippen molar-refractivity contribution in [1.29, 1.82) is 0 Å². The van der Waals surface area contributed by atoms with Crippen molar-refractivity contribution in [1.82, 2.24) is 0 Å². The van der Waals surface area contributed by atoms with Crippen molar-refractivity contribution >= 4 is 37.1 Å². The number of rotatable bonds is 7. The van der Waals surface area contributed by atoms with Crippen LogP contribution in [-0.2, 0) is 49.4 Å². The van der Waals surface area contributed by atoms with Gasteiger partial charge in [-0.25, -0.2) is 0 Å². The monoisotopic (exact) mass is 956 g/mol. The molecule has 0 heterocycles. The Morgan fingerprint density at radius 3 is 0.508 bits per heavy atom. The maximum Gasteiger partial charge on any atom is 0.416 e. The SMILES string of the molecule is CCC(P(c1cc(C(F)(F)F)cc(C(F)(F)F)c1)c1cc(C(F)(F)F)cc(C(F)(F)F)c1)P(c1cc(C(F)(F)F)cc(C(F)(F)F)c1)c1cc(C(F)(F)F)cc(C(F)(F)F)c1. The van der Waals surface area contributed by atoms with Crippen molar-refractivity contribution in [3.05, 3.63) is 117 Å². The Labute approximate surface area is 328 Å². The lowest BCUT2D eigenvalue weighted by Gasteiger charge is -2.37. The molecule has 0 saturated heterocycles. The first-order valence-electron chi connectivity index (χ1n) is 16.0. The second-order valence-corrected chi connectivity index (χ2v) is 17.9. The Hall–Kier alpha value is -3.94. The van der Waals surface area contributed by atoms with E-state index < -0.39 is 167 Å². The van der Waals surface area contributed by atoms with E-state index in [0.29, 0.717) is 0 Å². The van der Waals surface area contributed by atoms with E-state index >= 15 is 0 Å². The lowest BCUT2D eigenvalue weighted by Crippen LogP contribution is -2.31. The van der Waals surface area contributed by atoms with Gasteiger partial charge in [-0.15, -0.1) is 0 Å². The first kappa shape index (κ1) is 49.7. The van der Waals surface area contributed by atoms with Gasteiger partial charge in [0.25, 0.3) is 0 Å². The molecule has 0 nitrogen and oxygen atoms in total. The van der Waals surface area contributed by atoms with Gasteiger partial charge in [0.2, 0.25) is 0 Å². The molecule has 0 amide bonds. The summed E-state index contributed by atoms with van der Waals surface area (Å²) in [6.07, 6.45) is -47.9. The summed E-state index contributed by atoms with van der Waals surface area (Å²) in [7, 11) is -8.00. The van der Waals surface area contributed by atoms with E-state index in [2.05, 4.69) is 0 Å². The number of benzene rings is 4. The molecule has 0 bridgehead atoms. The van der Waals surface area contributed by atoms with E-state index in [0.717, 1.165) is 6.92 Å². The standard InChI is InChI=1S/C35H18F24P2/c1-2-27(60(23-7-15(28(36,37)38)3-16(8-23)29(39,40)41)24-9-17(30(42,43)44)4-18(10-24)31(45,46)47)61(25-11-19(32(48,49)50)5-20(12-25)33(51,52)53)26-13-21(34(54,55)56)6-22(14-26)35(57,58)59/h3-14,27H,2H2,1H3. The first-order chi connectivity index (χ1) is 27.2. The van der Waals surface area contributed by atoms with Crippen molar-refractivity contribution in [3.8, 4) is 0 Å². The van der Waals surface area contributed by atoms with Gasteiger partial charge < -0.3 is 0 Å². The summed E-state index contributed by atoms with van der Waals surface area (Å²) >= 11 is 0. The van der Waals surface area contributed by atoms with E-state index in [4.69, 9.17) is 0 Å². The second kappa shape index (κ2) is 16.3. The van der Waals surface area contributed by atoms with Crippen molar-refractivity contribution in [2.24, 2.45) is 0 Å². The zero-order valence-electron chi connectivity index (χ0n) is 29.2. The third kappa shape index (κ3) is 11.8. The molecule has 0 aliphatic carbocycles. The van der Waals surface area contributed by atoms with Crippen molar-refractivity contribution < 1.29 is 105 Å². The van der Waals surface area contributed by atoms with Crippen molar-refractivity contribution in [2.75, 3.05) is 0 Å². The molecular formula is C35H18F24P2. The maximum atomic E-state index is 14.2. The average molecular weight is 956 g/mol. The molecule has 0 atom stereocenters. The quantitative estimate of drug-likeness (QED) is 0.128. The lowest BCUT2D eigenvalue weighted by molar-refractivity contribution is -0.144. The number of halogens is 24. The molecule has 0 radical (unpaired) electrons. The van der Waals surface area contributed by atoms with Crippen LogP contribution in [0.25, 0.3) is 0 Å². The van der Waals surface area contributed by atoms with Gasteiger partial charge in [-0.3, -0.25) is 0 Å². The molecule has 26 heteroatoms. The van der Waals surface area contributed by atoms with E-state index in [1.807, 2.05) is 0 Å². The number of alkyl halides is 24. The molecule has 0 aliphatic heterocycles. The fourth-order valence-electron chi connectivity index (χ4n) is 5.78. The van der Waals surface area contributed by atoms with E-state index in [1.54, 1.807) is 0 Å². The lowest BCUT2D eigenvalue weighted by atomic mass is 10.1. The topological polar surface area (TPSA) is 0 Å². The van der Waals surface area contributed by atoms with Crippen LogP contribution in [0.15, 0.2) is 72.8 Å².